The van der Waals surface area contributed by atoms with Crippen LogP contribution in [-0.4, -0.2) is 22.6 Å². The minimum atomic E-state index is -1.00. The van der Waals surface area contributed by atoms with Gasteiger partial charge >= 0.3 is 0 Å². The number of nitrogens with zero attached hydrogens (tertiary/aromatic N) is 3. The number of benzene rings is 2. The number of non-ortho nitro benzene ring substituents is 1. The molecule has 1 heterocycles. The molecule has 2 aromatic carbocycles. The Morgan fingerprint density at radius 2 is 1.73 bits per heavy atom. The van der Waals surface area contributed by atoms with E-state index in [0.29, 0.717) is 16.5 Å². The number of rotatable bonds is 4. The minimum Gasteiger partial charge on any atom is -0.474 e. The molecule has 0 spiro atoms. The standard InChI is InChI=1S/C16H10Cl3N3O4/c1-8-15(26-11-4-2-10(3-5-11)22(24)25)16(23)21(20-8)14-12(18)6-9(17)7-13(14)19/h2-7,15H,1H3. The van der Waals surface area contributed by atoms with Crippen LogP contribution >= 0.6 is 34.8 Å². The first-order valence-electron chi connectivity index (χ1n) is 7.22. The normalized spacial score (nSPS) is 16.6. The molecule has 0 N–H and O–H groups in total. The Bertz CT molecular complexity index is 908. The van der Waals surface area contributed by atoms with Crippen molar-refractivity contribution in [2.24, 2.45) is 5.10 Å². The van der Waals surface area contributed by atoms with Gasteiger partial charge in [0.05, 0.1) is 20.7 Å². The van der Waals surface area contributed by atoms with E-state index in [-0.39, 0.29) is 21.4 Å². The third-order valence-corrected chi connectivity index (χ3v) is 4.36. The van der Waals surface area contributed by atoms with Crippen LogP contribution in [-0.2, 0) is 4.79 Å². The molecule has 3 rings (SSSR count). The fraction of sp³-hybridized carbons (Fsp3) is 0.125. The lowest BCUT2D eigenvalue weighted by atomic mass is 10.2. The number of nitro groups is 1. The largest absolute Gasteiger partial charge is 0.474 e. The average Bonchev–Trinajstić information content (AvgIpc) is 2.82. The van der Waals surface area contributed by atoms with E-state index in [4.69, 9.17) is 39.5 Å². The van der Waals surface area contributed by atoms with Crippen LogP contribution in [0.5, 0.6) is 5.75 Å². The van der Waals surface area contributed by atoms with Gasteiger partial charge in [-0.15, -0.1) is 0 Å². The summed E-state index contributed by atoms with van der Waals surface area (Å²) in [7, 11) is 0. The van der Waals surface area contributed by atoms with Gasteiger partial charge in [-0.05, 0) is 31.2 Å². The molecule has 0 saturated carbocycles. The van der Waals surface area contributed by atoms with Gasteiger partial charge in [-0.1, -0.05) is 34.8 Å². The van der Waals surface area contributed by atoms with Crippen molar-refractivity contribution in [3.8, 4) is 5.75 Å². The van der Waals surface area contributed by atoms with Gasteiger partial charge in [0.1, 0.15) is 11.4 Å². The number of ether oxygens (including phenoxy) is 1. The van der Waals surface area contributed by atoms with E-state index < -0.39 is 16.9 Å². The molecule has 1 amide bonds. The summed E-state index contributed by atoms with van der Waals surface area (Å²) >= 11 is 18.2. The molecule has 0 aromatic heterocycles. The van der Waals surface area contributed by atoms with Gasteiger partial charge in [0.25, 0.3) is 11.6 Å². The van der Waals surface area contributed by atoms with Crippen molar-refractivity contribution in [2.45, 2.75) is 13.0 Å². The average molecular weight is 415 g/mol. The number of anilines is 1. The molecule has 0 aliphatic carbocycles. The van der Waals surface area contributed by atoms with Crippen molar-refractivity contribution in [3.05, 3.63) is 61.6 Å². The molecule has 1 aliphatic heterocycles. The number of carbonyl (C=O) groups is 1. The van der Waals surface area contributed by atoms with Crippen molar-refractivity contribution >= 4 is 57.8 Å². The Labute approximate surface area is 162 Å². The molecular weight excluding hydrogens is 405 g/mol. The van der Waals surface area contributed by atoms with Crippen LogP contribution in [0.15, 0.2) is 41.5 Å². The van der Waals surface area contributed by atoms with Gasteiger partial charge in [-0.25, -0.2) is 0 Å². The highest BCUT2D eigenvalue weighted by Crippen LogP contribution is 2.38. The predicted octanol–water partition coefficient (Wildman–Crippen LogP) is 4.73. The Kier molecular flexibility index (Phi) is 5.04. The monoisotopic (exact) mass is 413 g/mol. The number of amides is 1. The zero-order valence-electron chi connectivity index (χ0n) is 13.1. The highest BCUT2D eigenvalue weighted by atomic mass is 35.5. The smallest absolute Gasteiger partial charge is 0.294 e. The van der Waals surface area contributed by atoms with Gasteiger partial charge in [0.15, 0.2) is 0 Å². The zero-order chi connectivity index (χ0) is 19.0. The molecule has 134 valence electrons. The maximum atomic E-state index is 12.7. The van der Waals surface area contributed by atoms with Crippen LogP contribution in [0.25, 0.3) is 0 Å². The van der Waals surface area contributed by atoms with Gasteiger partial charge < -0.3 is 4.74 Å². The number of hydrazone groups is 1. The lowest BCUT2D eigenvalue weighted by Gasteiger charge is -2.18. The van der Waals surface area contributed by atoms with Crippen molar-refractivity contribution < 1.29 is 14.5 Å². The highest BCUT2D eigenvalue weighted by molar-refractivity contribution is 6.42. The summed E-state index contributed by atoms with van der Waals surface area (Å²) in [6.45, 7) is 1.62. The SMILES string of the molecule is CC1=NN(c2c(Cl)cc(Cl)cc2Cl)C(=O)C1Oc1ccc([N+](=O)[O-])cc1. The van der Waals surface area contributed by atoms with Gasteiger partial charge in [0.2, 0.25) is 6.10 Å². The minimum absolute atomic E-state index is 0.0816. The predicted molar refractivity (Wildman–Crippen MR) is 99.6 cm³/mol. The summed E-state index contributed by atoms with van der Waals surface area (Å²) in [4.78, 5) is 22.9. The van der Waals surface area contributed by atoms with Crippen LogP contribution in [0.2, 0.25) is 15.1 Å². The molecule has 26 heavy (non-hydrogen) atoms. The number of halogens is 3. The third-order valence-electron chi connectivity index (χ3n) is 3.57. The van der Waals surface area contributed by atoms with Crippen LogP contribution in [0.1, 0.15) is 6.92 Å². The van der Waals surface area contributed by atoms with Gasteiger partial charge in [-0.2, -0.15) is 10.1 Å². The first kappa shape index (κ1) is 18.4. The molecule has 0 saturated heterocycles. The van der Waals surface area contributed by atoms with E-state index in [9.17, 15) is 14.9 Å². The molecule has 0 radical (unpaired) electrons. The summed E-state index contributed by atoms with van der Waals surface area (Å²) in [6.07, 6.45) is -1.00. The van der Waals surface area contributed by atoms with Crippen LogP contribution < -0.4 is 9.75 Å². The topological polar surface area (TPSA) is 85.0 Å². The van der Waals surface area contributed by atoms with Crippen molar-refractivity contribution in [2.75, 3.05) is 5.01 Å². The molecule has 1 aliphatic rings. The van der Waals surface area contributed by atoms with Crippen LogP contribution in [0, 0.1) is 10.1 Å². The number of nitro benzene ring substituents is 1. The Balaban J connectivity index is 1.85. The Hall–Kier alpha value is -2.35. The fourth-order valence-corrected chi connectivity index (χ4v) is 3.34. The second-order valence-corrected chi connectivity index (χ2v) is 6.61. The van der Waals surface area contributed by atoms with E-state index in [1.165, 1.54) is 36.4 Å². The Morgan fingerprint density at radius 3 is 2.27 bits per heavy atom. The van der Waals surface area contributed by atoms with Crippen LogP contribution in [0.3, 0.4) is 0 Å². The number of hydrogen-bond donors (Lipinski definition) is 0. The first-order valence-corrected chi connectivity index (χ1v) is 8.36. The van der Waals surface area contributed by atoms with Gasteiger partial charge in [0, 0.05) is 17.2 Å². The molecule has 0 fully saturated rings. The second-order valence-electron chi connectivity index (χ2n) is 5.36. The van der Waals surface area contributed by atoms with E-state index in [0.717, 1.165) is 5.01 Å². The Morgan fingerprint density at radius 1 is 1.15 bits per heavy atom. The maximum absolute atomic E-state index is 12.7. The lowest BCUT2D eigenvalue weighted by molar-refractivity contribution is -0.384. The third kappa shape index (κ3) is 3.46. The van der Waals surface area contributed by atoms with Crippen LogP contribution in [0.4, 0.5) is 11.4 Å². The lowest BCUT2D eigenvalue weighted by Crippen LogP contribution is -2.36. The summed E-state index contributed by atoms with van der Waals surface area (Å²) in [5.74, 6) is -0.203. The number of hydrogen-bond acceptors (Lipinski definition) is 5. The molecule has 1 atom stereocenters. The second kappa shape index (κ2) is 7.11. The molecule has 1 unspecified atom stereocenters. The summed E-state index contributed by atoms with van der Waals surface area (Å²) in [5.41, 5.74) is 0.508. The van der Waals surface area contributed by atoms with E-state index in [2.05, 4.69) is 5.10 Å². The van der Waals surface area contributed by atoms with Crippen molar-refractivity contribution in [3.63, 3.8) is 0 Å². The highest BCUT2D eigenvalue weighted by Gasteiger charge is 2.38. The fourth-order valence-electron chi connectivity index (χ4n) is 2.36. The quantitative estimate of drug-likeness (QED) is 0.535. The molecule has 7 nitrogen and oxygen atoms in total. The first-order chi connectivity index (χ1) is 12.3. The number of carbonyl (C=O) groups excluding carboxylic acids is 1. The van der Waals surface area contributed by atoms with E-state index in [1.807, 2.05) is 0 Å². The molecule has 10 heteroatoms. The zero-order valence-corrected chi connectivity index (χ0v) is 15.4. The van der Waals surface area contributed by atoms with E-state index in [1.54, 1.807) is 6.92 Å². The van der Waals surface area contributed by atoms with Crippen molar-refractivity contribution in [1.82, 2.24) is 0 Å². The molecular formula is C16H10Cl3N3O4. The maximum Gasteiger partial charge on any atom is 0.294 e. The summed E-state index contributed by atoms with van der Waals surface area (Å²) in [6, 6.07) is 8.28. The summed E-state index contributed by atoms with van der Waals surface area (Å²) < 4.78 is 5.63. The summed E-state index contributed by atoms with van der Waals surface area (Å²) in [5, 5.41) is 16.6. The van der Waals surface area contributed by atoms with Crippen molar-refractivity contribution in [1.29, 1.82) is 0 Å². The van der Waals surface area contributed by atoms with E-state index >= 15 is 0 Å². The van der Waals surface area contributed by atoms with Gasteiger partial charge in [-0.3, -0.25) is 14.9 Å². The molecule has 2 aromatic rings. The molecule has 0 bridgehead atoms.